The Morgan fingerprint density at radius 1 is 1.40 bits per heavy atom. The van der Waals surface area contributed by atoms with E-state index in [1.54, 1.807) is 18.3 Å². The summed E-state index contributed by atoms with van der Waals surface area (Å²) in [6, 6.07) is 9.82. The van der Waals surface area contributed by atoms with E-state index in [1.165, 1.54) is 4.88 Å². The van der Waals surface area contributed by atoms with Crippen LogP contribution in [0.5, 0.6) is 5.75 Å². The molecule has 6 heteroatoms. The molecule has 2 N–H and O–H groups in total. The molecule has 20 heavy (non-hydrogen) atoms. The van der Waals surface area contributed by atoms with Gasteiger partial charge in [-0.1, -0.05) is 0 Å². The fourth-order valence-electron chi connectivity index (χ4n) is 1.95. The highest BCUT2D eigenvalue weighted by atomic mass is 79.9. The molecular formula is C14H13BrN2O2S. The number of benzene rings is 1. The molecule has 0 fully saturated rings. The van der Waals surface area contributed by atoms with Crippen molar-refractivity contribution in [3.63, 3.8) is 0 Å². The minimum Gasteiger partial charge on any atom is -0.479 e. The second kappa shape index (κ2) is 5.46. The Bertz CT molecular complexity index is 656. The van der Waals surface area contributed by atoms with Gasteiger partial charge in [-0.05, 0) is 53.2 Å². The lowest BCUT2D eigenvalue weighted by atomic mass is 10.2. The summed E-state index contributed by atoms with van der Waals surface area (Å²) in [4.78, 5) is 12.8. The number of fused-ring (bicyclic) bond motifs is 1. The third-order valence-electron chi connectivity index (χ3n) is 3.01. The molecule has 4 nitrogen and oxygen atoms in total. The predicted molar refractivity (Wildman–Crippen MR) is 84.5 cm³/mol. The van der Waals surface area contributed by atoms with Crippen LogP contribution in [-0.2, 0) is 11.3 Å². The Kier molecular flexibility index (Phi) is 3.67. The quantitative estimate of drug-likeness (QED) is 0.882. The van der Waals surface area contributed by atoms with Crippen LogP contribution in [0, 0.1) is 0 Å². The van der Waals surface area contributed by atoms with Crippen molar-refractivity contribution in [3.8, 4) is 5.75 Å². The van der Waals surface area contributed by atoms with Crippen LogP contribution in [0.25, 0.3) is 0 Å². The molecule has 2 heterocycles. The highest BCUT2D eigenvalue weighted by Gasteiger charge is 2.23. The predicted octanol–water partition coefficient (Wildman–Crippen LogP) is 3.84. The SMILES string of the molecule is CC1Oc2ccc(NCc3ccc(Br)s3)cc2NC1=O. The zero-order chi connectivity index (χ0) is 14.1. The molecule has 1 atom stereocenters. The summed E-state index contributed by atoms with van der Waals surface area (Å²) in [6.07, 6.45) is -0.440. The standard InChI is InChI=1S/C14H13BrN2O2S/c1-8-14(18)17-11-6-9(2-4-12(11)19-8)16-7-10-3-5-13(15)20-10/h2-6,8,16H,7H2,1H3,(H,17,18). The number of carbonyl (C=O) groups excluding carboxylic acids is 1. The van der Waals surface area contributed by atoms with E-state index in [0.717, 1.165) is 16.0 Å². The second-order valence-electron chi connectivity index (χ2n) is 4.52. The highest BCUT2D eigenvalue weighted by Crippen LogP contribution is 2.32. The number of hydrogen-bond donors (Lipinski definition) is 2. The third kappa shape index (κ3) is 2.81. The van der Waals surface area contributed by atoms with Gasteiger partial charge in [0.15, 0.2) is 6.10 Å². The Morgan fingerprint density at radius 2 is 2.25 bits per heavy atom. The maximum Gasteiger partial charge on any atom is 0.265 e. The largest absolute Gasteiger partial charge is 0.479 e. The molecule has 1 aliphatic rings. The van der Waals surface area contributed by atoms with Crippen molar-refractivity contribution < 1.29 is 9.53 Å². The van der Waals surface area contributed by atoms with Crippen molar-refractivity contribution in [1.82, 2.24) is 0 Å². The van der Waals surface area contributed by atoms with Crippen molar-refractivity contribution in [2.45, 2.75) is 19.6 Å². The fourth-order valence-corrected chi connectivity index (χ4v) is 3.38. The minimum absolute atomic E-state index is 0.114. The van der Waals surface area contributed by atoms with Crippen LogP contribution in [0.4, 0.5) is 11.4 Å². The smallest absolute Gasteiger partial charge is 0.265 e. The Morgan fingerprint density at radius 3 is 3.00 bits per heavy atom. The number of hydrogen-bond acceptors (Lipinski definition) is 4. The van der Waals surface area contributed by atoms with E-state index in [-0.39, 0.29) is 5.91 Å². The van der Waals surface area contributed by atoms with Gasteiger partial charge in [0, 0.05) is 17.1 Å². The normalized spacial score (nSPS) is 17.1. The Balaban J connectivity index is 1.72. The molecule has 0 bridgehead atoms. The molecule has 104 valence electrons. The van der Waals surface area contributed by atoms with Gasteiger partial charge in [0.1, 0.15) is 5.75 Å². The number of carbonyl (C=O) groups is 1. The first-order valence-electron chi connectivity index (χ1n) is 6.21. The van der Waals surface area contributed by atoms with Gasteiger partial charge in [0.05, 0.1) is 9.47 Å². The van der Waals surface area contributed by atoms with Crippen LogP contribution in [0.1, 0.15) is 11.8 Å². The third-order valence-corrected chi connectivity index (χ3v) is 4.63. The molecule has 0 saturated heterocycles. The molecule has 3 rings (SSSR count). The monoisotopic (exact) mass is 352 g/mol. The summed E-state index contributed by atoms with van der Waals surface area (Å²) in [5.41, 5.74) is 1.66. The molecule has 1 aromatic heterocycles. The van der Waals surface area contributed by atoms with E-state index < -0.39 is 6.10 Å². The average molecular weight is 353 g/mol. The van der Waals surface area contributed by atoms with E-state index in [1.807, 2.05) is 24.3 Å². The Hall–Kier alpha value is -1.53. The summed E-state index contributed by atoms with van der Waals surface area (Å²) >= 11 is 5.14. The van der Waals surface area contributed by atoms with E-state index in [0.29, 0.717) is 11.4 Å². The number of anilines is 2. The van der Waals surface area contributed by atoms with Gasteiger partial charge < -0.3 is 15.4 Å². The summed E-state index contributed by atoms with van der Waals surface area (Å²) in [6.45, 7) is 2.49. The minimum atomic E-state index is -0.440. The molecule has 1 amide bonds. The van der Waals surface area contributed by atoms with Crippen molar-refractivity contribution in [1.29, 1.82) is 0 Å². The maximum absolute atomic E-state index is 11.6. The second-order valence-corrected chi connectivity index (χ2v) is 7.07. The topological polar surface area (TPSA) is 50.4 Å². The van der Waals surface area contributed by atoms with Gasteiger partial charge in [-0.25, -0.2) is 0 Å². The van der Waals surface area contributed by atoms with Gasteiger partial charge in [0.2, 0.25) is 0 Å². The first-order chi connectivity index (χ1) is 9.61. The summed E-state index contributed by atoms with van der Waals surface area (Å²) < 4.78 is 6.64. The molecule has 0 saturated carbocycles. The number of amides is 1. The molecule has 0 radical (unpaired) electrons. The molecular weight excluding hydrogens is 340 g/mol. The number of rotatable bonds is 3. The summed E-state index contributed by atoms with van der Waals surface area (Å²) in [5.74, 6) is 0.596. The maximum atomic E-state index is 11.6. The first-order valence-corrected chi connectivity index (χ1v) is 7.82. The van der Waals surface area contributed by atoms with Crippen molar-refractivity contribution in [2.24, 2.45) is 0 Å². The molecule has 2 aromatic rings. The molecule has 0 spiro atoms. The molecule has 1 aromatic carbocycles. The average Bonchev–Trinajstić information content (AvgIpc) is 2.84. The van der Waals surface area contributed by atoms with E-state index in [4.69, 9.17) is 4.74 Å². The van der Waals surface area contributed by atoms with E-state index >= 15 is 0 Å². The lowest BCUT2D eigenvalue weighted by Gasteiger charge is -2.23. The summed E-state index contributed by atoms with van der Waals surface area (Å²) in [7, 11) is 0. The van der Waals surface area contributed by atoms with Crippen LogP contribution in [0.15, 0.2) is 34.1 Å². The van der Waals surface area contributed by atoms with Gasteiger partial charge in [0.25, 0.3) is 5.91 Å². The van der Waals surface area contributed by atoms with Crippen LogP contribution in [0.2, 0.25) is 0 Å². The van der Waals surface area contributed by atoms with E-state index in [2.05, 4.69) is 32.6 Å². The fraction of sp³-hybridized carbons (Fsp3) is 0.214. The summed E-state index contributed by atoms with van der Waals surface area (Å²) in [5, 5.41) is 6.18. The van der Waals surface area contributed by atoms with E-state index in [9.17, 15) is 4.79 Å². The molecule has 0 aliphatic carbocycles. The van der Waals surface area contributed by atoms with Crippen LogP contribution >= 0.6 is 27.3 Å². The zero-order valence-corrected chi connectivity index (χ0v) is 13.2. The number of halogens is 1. The zero-order valence-electron chi connectivity index (χ0n) is 10.8. The number of thiophene rings is 1. The van der Waals surface area contributed by atoms with Crippen LogP contribution in [-0.4, -0.2) is 12.0 Å². The molecule has 1 unspecified atom stereocenters. The van der Waals surface area contributed by atoms with Crippen LogP contribution in [0.3, 0.4) is 0 Å². The van der Waals surface area contributed by atoms with Gasteiger partial charge >= 0.3 is 0 Å². The Labute approximate surface area is 129 Å². The van der Waals surface area contributed by atoms with Crippen LogP contribution < -0.4 is 15.4 Å². The van der Waals surface area contributed by atoms with Crippen molar-refractivity contribution >= 4 is 44.5 Å². The van der Waals surface area contributed by atoms with Gasteiger partial charge in [-0.3, -0.25) is 4.79 Å². The van der Waals surface area contributed by atoms with Gasteiger partial charge in [-0.2, -0.15) is 0 Å². The first kappa shape index (κ1) is 13.5. The molecule has 1 aliphatic heterocycles. The van der Waals surface area contributed by atoms with Crippen molar-refractivity contribution in [2.75, 3.05) is 10.6 Å². The number of ether oxygens (including phenoxy) is 1. The number of nitrogens with one attached hydrogen (secondary N) is 2. The highest BCUT2D eigenvalue weighted by molar-refractivity contribution is 9.11. The lowest BCUT2D eigenvalue weighted by molar-refractivity contribution is -0.122. The van der Waals surface area contributed by atoms with Crippen molar-refractivity contribution in [3.05, 3.63) is 39.0 Å². The van der Waals surface area contributed by atoms with Gasteiger partial charge in [-0.15, -0.1) is 11.3 Å². The lowest BCUT2D eigenvalue weighted by Crippen LogP contribution is -2.34.